The van der Waals surface area contributed by atoms with Gasteiger partial charge < -0.3 is 20.7 Å². The van der Waals surface area contributed by atoms with Crippen molar-refractivity contribution in [3.05, 3.63) is 102 Å². The highest BCUT2D eigenvalue weighted by molar-refractivity contribution is 6.14. The number of carboxylic acids is 1. The summed E-state index contributed by atoms with van der Waals surface area (Å²) in [5.41, 5.74) is 2.54. The van der Waals surface area contributed by atoms with Gasteiger partial charge in [0.05, 0.1) is 16.8 Å². The van der Waals surface area contributed by atoms with E-state index in [1.807, 2.05) is 42.5 Å². The summed E-state index contributed by atoms with van der Waals surface area (Å²) < 4.78 is 0. The smallest absolute Gasteiger partial charge is 0.326 e. The van der Waals surface area contributed by atoms with E-state index in [-0.39, 0.29) is 17.9 Å². The highest BCUT2D eigenvalue weighted by atomic mass is 16.4. The predicted molar refractivity (Wildman–Crippen MR) is 122 cm³/mol. The fourth-order valence-electron chi connectivity index (χ4n) is 3.53. The molecule has 0 aliphatic heterocycles. The Kier molecular flexibility index (Phi) is 5.98. The third kappa shape index (κ3) is 4.52. The zero-order valence-corrected chi connectivity index (χ0v) is 17.0. The van der Waals surface area contributed by atoms with E-state index in [1.54, 1.807) is 42.6 Å². The molecule has 1 heterocycles. The summed E-state index contributed by atoms with van der Waals surface area (Å²) in [4.78, 5) is 40.6. The molecule has 32 heavy (non-hydrogen) atoms. The number of amides is 2. The molecule has 0 aliphatic rings. The number of para-hydroxylation sites is 2. The van der Waals surface area contributed by atoms with Crippen LogP contribution in [-0.4, -0.2) is 33.9 Å². The van der Waals surface area contributed by atoms with Gasteiger partial charge in [0, 0.05) is 23.5 Å². The Labute approximate surface area is 184 Å². The SMILES string of the molecule is O=C(N[C@@H](Cc1ccccc1)C(=O)O)c1ccccc1NC(=O)c1c[nH]c2ccccc12. The molecular weight excluding hydrogens is 406 g/mol. The highest BCUT2D eigenvalue weighted by Crippen LogP contribution is 2.21. The van der Waals surface area contributed by atoms with Crippen molar-refractivity contribution in [3.8, 4) is 0 Å². The summed E-state index contributed by atoms with van der Waals surface area (Å²) in [6.07, 6.45) is 1.76. The maximum Gasteiger partial charge on any atom is 0.326 e. The molecule has 2 amide bonds. The number of aromatic amines is 1. The monoisotopic (exact) mass is 427 g/mol. The van der Waals surface area contributed by atoms with Crippen molar-refractivity contribution < 1.29 is 19.5 Å². The number of H-pyrrole nitrogens is 1. The topological polar surface area (TPSA) is 111 Å². The largest absolute Gasteiger partial charge is 0.480 e. The predicted octanol–water partition coefficient (Wildman–Crippen LogP) is 3.85. The third-order valence-electron chi connectivity index (χ3n) is 5.14. The molecule has 0 aliphatic carbocycles. The molecule has 0 saturated heterocycles. The van der Waals surface area contributed by atoms with Crippen molar-refractivity contribution in [2.75, 3.05) is 5.32 Å². The summed E-state index contributed by atoms with van der Waals surface area (Å²) in [5, 5.41) is 15.7. The van der Waals surface area contributed by atoms with Gasteiger partial charge in [-0.15, -0.1) is 0 Å². The van der Waals surface area contributed by atoms with Gasteiger partial charge >= 0.3 is 5.97 Å². The number of hydrogen-bond acceptors (Lipinski definition) is 3. The number of aromatic nitrogens is 1. The second-order valence-corrected chi connectivity index (χ2v) is 7.30. The Bertz CT molecular complexity index is 1280. The summed E-state index contributed by atoms with van der Waals surface area (Å²) in [5.74, 6) is -2.09. The molecule has 4 N–H and O–H groups in total. The first-order valence-electron chi connectivity index (χ1n) is 10.1. The van der Waals surface area contributed by atoms with Gasteiger partial charge in [-0.05, 0) is 23.8 Å². The average molecular weight is 427 g/mol. The number of anilines is 1. The standard InChI is InChI=1S/C25H21N3O4/c29-23(28-22(25(31)32)14-16-8-2-1-3-9-16)18-11-5-7-13-21(18)27-24(30)19-15-26-20-12-6-4-10-17(19)20/h1-13,15,22,26H,14H2,(H,27,30)(H,28,29)(H,31,32)/t22-/m0/s1. The molecule has 0 radical (unpaired) electrons. The number of benzene rings is 3. The van der Waals surface area contributed by atoms with Crippen molar-refractivity contribution in [1.82, 2.24) is 10.3 Å². The molecule has 0 fully saturated rings. The van der Waals surface area contributed by atoms with Crippen molar-refractivity contribution in [2.45, 2.75) is 12.5 Å². The van der Waals surface area contributed by atoms with Gasteiger partial charge in [-0.25, -0.2) is 4.79 Å². The van der Waals surface area contributed by atoms with E-state index in [2.05, 4.69) is 15.6 Å². The minimum Gasteiger partial charge on any atom is -0.480 e. The van der Waals surface area contributed by atoms with Crippen LogP contribution in [0.25, 0.3) is 10.9 Å². The molecular formula is C25H21N3O4. The van der Waals surface area contributed by atoms with Crippen LogP contribution in [0.5, 0.6) is 0 Å². The van der Waals surface area contributed by atoms with Crippen LogP contribution in [0.1, 0.15) is 26.3 Å². The molecule has 1 atom stereocenters. The van der Waals surface area contributed by atoms with E-state index in [9.17, 15) is 19.5 Å². The number of carbonyl (C=O) groups is 3. The molecule has 4 aromatic rings. The fraction of sp³-hybridized carbons (Fsp3) is 0.0800. The van der Waals surface area contributed by atoms with Gasteiger partial charge in [0.2, 0.25) is 0 Å². The number of aliphatic carboxylic acids is 1. The molecule has 7 heteroatoms. The van der Waals surface area contributed by atoms with Crippen LogP contribution in [0.2, 0.25) is 0 Å². The van der Waals surface area contributed by atoms with Crippen LogP contribution < -0.4 is 10.6 Å². The van der Waals surface area contributed by atoms with Gasteiger partial charge in [0.15, 0.2) is 0 Å². The van der Waals surface area contributed by atoms with Crippen LogP contribution in [0.15, 0.2) is 85.1 Å². The van der Waals surface area contributed by atoms with Crippen molar-refractivity contribution in [2.24, 2.45) is 0 Å². The lowest BCUT2D eigenvalue weighted by molar-refractivity contribution is -0.139. The van der Waals surface area contributed by atoms with Crippen molar-refractivity contribution >= 4 is 34.4 Å². The minimum atomic E-state index is -1.14. The summed E-state index contributed by atoms with van der Waals surface area (Å²) in [7, 11) is 0. The van der Waals surface area contributed by atoms with E-state index in [1.165, 1.54) is 0 Å². The van der Waals surface area contributed by atoms with Crippen LogP contribution in [0.4, 0.5) is 5.69 Å². The maximum atomic E-state index is 12.9. The van der Waals surface area contributed by atoms with Crippen molar-refractivity contribution in [1.29, 1.82) is 0 Å². The second-order valence-electron chi connectivity index (χ2n) is 7.30. The first-order valence-corrected chi connectivity index (χ1v) is 10.1. The summed E-state index contributed by atoms with van der Waals surface area (Å²) >= 11 is 0. The molecule has 7 nitrogen and oxygen atoms in total. The van der Waals surface area contributed by atoms with Crippen molar-refractivity contribution in [3.63, 3.8) is 0 Å². The number of carboxylic acid groups (broad SMARTS) is 1. The average Bonchev–Trinajstić information content (AvgIpc) is 3.24. The second kappa shape index (κ2) is 9.18. The lowest BCUT2D eigenvalue weighted by Gasteiger charge is -2.16. The Morgan fingerprint density at radius 3 is 2.28 bits per heavy atom. The highest BCUT2D eigenvalue weighted by Gasteiger charge is 2.23. The number of nitrogens with one attached hydrogen (secondary N) is 3. The van der Waals surface area contributed by atoms with Crippen LogP contribution >= 0.6 is 0 Å². The Morgan fingerprint density at radius 1 is 0.812 bits per heavy atom. The summed E-state index contributed by atoms with van der Waals surface area (Å²) in [6, 6.07) is 21.9. The molecule has 4 rings (SSSR count). The van der Waals surface area contributed by atoms with Gasteiger partial charge in [0.1, 0.15) is 6.04 Å². The minimum absolute atomic E-state index is 0.145. The molecule has 3 aromatic carbocycles. The Morgan fingerprint density at radius 2 is 1.50 bits per heavy atom. The van der Waals surface area contributed by atoms with Crippen LogP contribution in [0.3, 0.4) is 0 Å². The number of rotatable bonds is 7. The van der Waals surface area contributed by atoms with Gasteiger partial charge in [0.25, 0.3) is 11.8 Å². The van der Waals surface area contributed by atoms with Gasteiger partial charge in [-0.3, -0.25) is 9.59 Å². The van der Waals surface area contributed by atoms with Crippen LogP contribution in [0, 0.1) is 0 Å². The lowest BCUT2D eigenvalue weighted by Crippen LogP contribution is -2.42. The van der Waals surface area contributed by atoms with E-state index < -0.39 is 17.9 Å². The Hall–Kier alpha value is -4.39. The molecule has 0 saturated carbocycles. The van der Waals surface area contributed by atoms with Crippen LogP contribution in [-0.2, 0) is 11.2 Å². The third-order valence-corrected chi connectivity index (χ3v) is 5.14. The van der Waals surface area contributed by atoms with Gasteiger partial charge in [-0.2, -0.15) is 0 Å². The Balaban J connectivity index is 1.54. The molecule has 1 aromatic heterocycles. The zero-order valence-electron chi connectivity index (χ0n) is 17.0. The first kappa shape index (κ1) is 20.9. The first-order chi connectivity index (χ1) is 15.5. The maximum absolute atomic E-state index is 12.9. The van der Waals surface area contributed by atoms with E-state index >= 15 is 0 Å². The molecule has 0 unspecified atom stereocenters. The van der Waals surface area contributed by atoms with E-state index in [0.29, 0.717) is 11.3 Å². The number of hydrogen-bond donors (Lipinski definition) is 4. The molecule has 0 bridgehead atoms. The van der Waals surface area contributed by atoms with E-state index in [0.717, 1.165) is 16.5 Å². The normalized spacial score (nSPS) is 11.6. The fourth-order valence-corrected chi connectivity index (χ4v) is 3.53. The van der Waals surface area contributed by atoms with Gasteiger partial charge in [-0.1, -0.05) is 60.7 Å². The van der Waals surface area contributed by atoms with E-state index in [4.69, 9.17) is 0 Å². The zero-order chi connectivity index (χ0) is 22.5. The molecule has 0 spiro atoms. The summed E-state index contributed by atoms with van der Waals surface area (Å²) in [6.45, 7) is 0. The number of fused-ring (bicyclic) bond motifs is 1. The number of carbonyl (C=O) groups excluding carboxylic acids is 2. The lowest BCUT2D eigenvalue weighted by atomic mass is 10.0. The quantitative estimate of drug-likeness (QED) is 0.359. The molecule has 160 valence electrons.